The summed E-state index contributed by atoms with van der Waals surface area (Å²) in [5.74, 6) is -0.0197. The summed E-state index contributed by atoms with van der Waals surface area (Å²) in [6.45, 7) is 3.16. The zero-order chi connectivity index (χ0) is 9.42. The summed E-state index contributed by atoms with van der Waals surface area (Å²) in [5, 5.41) is 20.9. The summed E-state index contributed by atoms with van der Waals surface area (Å²) in [5.41, 5.74) is 2.30. The number of phenolic OH excluding ortho intramolecular Hbond substituents is 2. The summed E-state index contributed by atoms with van der Waals surface area (Å²) in [6, 6.07) is 3.73. The first-order chi connectivity index (χ1) is 6.18. The number of hydrogen-bond donors (Lipinski definition) is 3. The number of nitrogens with two attached hydrogens (primary N) is 1. The van der Waals surface area contributed by atoms with Crippen LogP contribution < -0.4 is 17.7 Å². The summed E-state index contributed by atoms with van der Waals surface area (Å²) in [4.78, 5) is 0. The first-order valence-corrected chi connectivity index (χ1v) is 4.56. The number of aromatic hydroxyl groups is 2. The van der Waals surface area contributed by atoms with Crippen LogP contribution in [-0.4, -0.2) is 16.8 Å². The molecule has 2 rings (SSSR count). The normalized spacial score (nSPS) is 19.6. The zero-order valence-electron chi connectivity index (χ0n) is 8.00. The SMILES string of the molecule is CC1[NH2+]CCc2cc(O)c(O)cc21.[Cl-]. The molecule has 0 radical (unpaired) electrons. The Balaban J connectivity index is 0.000000980. The number of rotatable bonds is 0. The molecule has 0 fully saturated rings. The van der Waals surface area contributed by atoms with Gasteiger partial charge in [-0.3, -0.25) is 0 Å². The molecule has 0 bridgehead atoms. The molecule has 1 aromatic carbocycles. The van der Waals surface area contributed by atoms with Crippen LogP contribution in [0.4, 0.5) is 0 Å². The molecule has 0 spiro atoms. The highest BCUT2D eigenvalue weighted by Gasteiger charge is 2.20. The minimum absolute atomic E-state index is 0. The van der Waals surface area contributed by atoms with Gasteiger partial charge in [0.2, 0.25) is 0 Å². The second-order valence-corrected chi connectivity index (χ2v) is 3.60. The highest BCUT2D eigenvalue weighted by molar-refractivity contribution is 5.46. The van der Waals surface area contributed by atoms with Crippen LogP contribution in [0.1, 0.15) is 24.1 Å². The lowest BCUT2D eigenvalue weighted by Crippen LogP contribution is -3.00. The highest BCUT2D eigenvalue weighted by Crippen LogP contribution is 2.31. The highest BCUT2D eigenvalue weighted by atomic mass is 35.5. The van der Waals surface area contributed by atoms with E-state index in [0.29, 0.717) is 6.04 Å². The molecule has 0 amide bonds. The van der Waals surface area contributed by atoms with Crippen molar-refractivity contribution in [1.82, 2.24) is 0 Å². The Morgan fingerprint density at radius 2 is 1.93 bits per heavy atom. The van der Waals surface area contributed by atoms with E-state index < -0.39 is 0 Å². The van der Waals surface area contributed by atoms with Gasteiger partial charge in [0.05, 0.1) is 6.54 Å². The van der Waals surface area contributed by atoms with E-state index in [1.807, 2.05) is 0 Å². The lowest BCUT2D eigenvalue weighted by atomic mass is 9.95. The molecule has 1 aliphatic rings. The number of fused-ring (bicyclic) bond motifs is 1. The molecule has 1 aliphatic heterocycles. The van der Waals surface area contributed by atoms with Gasteiger partial charge in [-0.15, -0.1) is 0 Å². The van der Waals surface area contributed by atoms with Crippen molar-refractivity contribution in [2.24, 2.45) is 0 Å². The van der Waals surface area contributed by atoms with Crippen molar-refractivity contribution in [3.8, 4) is 11.5 Å². The molecular formula is C10H14ClNO2. The van der Waals surface area contributed by atoms with Crippen LogP contribution in [0.5, 0.6) is 11.5 Å². The second kappa shape index (κ2) is 4.07. The molecule has 4 heteroatoms. The van der Waals surface area contributed by atoms with E-state index in [4.69, 9.17) is 0 Å². The molecule has 4 N–H and O–H groups in total. The van der Waals surface area contributed by atoms with Crippen molar-refractivity contribution in [3.05, 3.63) is 23.3 Å². The van der Waals surface area contributed by atoms with Crippen LogP contribution in [0.2, 0.25) is 0 Å². The molecule has 1 unspecified atom stereocenters. The quantitative estimate of drug-likeness (QED) is 0.412. The molecule has 0 aliphatic carbocycles. The molecular weight excluding hydrogens is 202 g/mol. The van der Waals surface area contributed by atoms with Gasteiger partial charge < -0.3 is 27.9 Å². The molecule has 78 valence electrons. The second-order valence-electron chi connectivity index (χ2n) is 3.60. The van der Waals surface area contributed by atoms with Gasteiger partial charge in [0.1, 0.15) is 6.04 Å². The van der Waals surface area contributed by atoms with Crippen LogP contribution in [0.25, 0.3) is 0 Å². The maximum Gasteiger partial charge on any atom is 0.157 e. The average Bonchev–Trinajstić information content (AvgIpc) is 2.09. The van der Waals surface area contributed by atoms with Crippen molar-refractivity contribution in [2.45, 2.75) is 19.4 Å². The molecule has 14 heavy (non-hydrogen) atoms. The Hall–Kier alpha value is -0.930. The van der Waals surface area contributed by atoms with Crippen LogP contribution in [0.3, 0.4) is 0 Å². The summed E-state index contributed by atoms with van der Waals surface area (Å²) >= 11 is 0. The van der Waals surface area contributed by atoms with E-state index in [0.717, 1.165) is 24.1 Å². The summed E-state index contributed by atoms with van der Waals surface area (Å²) in [6.07, 6.45) is 0.966. The first-order valence-electron chi connectivity index (χ1n) is 4.56. The van der Waals surface area contributed by atoms with Crippen molar-refractivity contribution in [1.29, 1.82) is 0 Å². The fraction of sp³-hybridized carbons (Fsp3) is 0.400. The van der Waals surface area contributed by atoms with E-state index in [1.54, 1.807) is 12.1 Å². The smallest absolute Gasteiger partial charge is 0.157 e. The van der Waals surface area contributed by atoms with Gasteiger partial charge in [0.25, 0.3) is 0 Å². The van der Waals surface area contributed by atoms with E-state index in [2.05, 4.69) is 12.2 Å². The Morgan fingerprint density at radius 3 is 2.64 bits per heavy atom. The molecule has 1 atom stereocenters. The molecule has 0 saturated heterocycles. The molecule has 0 saturated carbocycles. The number of quaternary nitrogens is 1. The van der Waals surface area contributed by atoms with Gasteiger partial charge in [0.15, 0.2) is 11.5 Å². The predicted octanol–water partition coefficient (Wildman–Crippen LogP) is -2.72. The number of benzene rings is 1. The van der Waals surface area contributed by atoms with E-state index in [-0.39, 0.29) is 23.9 Å². The number of halogens is 1. The Kier molecular flexibility index (Phi) is 3.24. The molecule has 1 aromatic rings. The topological polar surface area (TPSA) is 57.1 Å². The third-order valence-electron chi connectivity index (χ3n) is 2.66. The molecule has 0 aromatic heterocycles. The maximum atomic E-state index is 9.33. The van der Waals surface area contributed by atoms with Gasteiger partial charge in [-0.1, -0.05) is 0 Å². The molecule has 3 nitrogen and oxygen atoms in total. The standard InChI is InChI=1S/C10H13NO2.ClH/c1-6-8-5-10(13)9(12)4-7(8)2-3-11-6;/h4-6,11-13H,2-3H2,1H3;1H. The Labute approximate surface area is 89.2 Å². The van der Waals surface area contributed by atoms with E-state index in [9.17, 15) is 10.2 Å². The predicted molar refractivity (Wildman–Crippen MR) is 48.7 cm³/mol. The fourth-order valence-electron chi connectivity index (χ4n) is 1.89. The van der Waals surface area contributed by atoms with Crippen LogP contribution in [0, 0.1) is 0 Å². The van der Waals surface area contributed by atoms with Gasteiger partial charge >= 0.3 is 0 Å². The molecule has 1 heterocycles. The third kappa shape index (κ3) is 1.79. The Bertz CT molecular complexity index is 341. The lowest BCUT2D eigenvalue weighted by Gasteiger charge is -2.21. The third-order valence-corrected chi connectivity index (χ3v) is 2.66. The minimum atomic E-state index is -0.0131. The largest absolute Gasteiger partial charge is 1.00 e. The lowest BCUT2D eigenvalue weighted by molar-refractivity contribution is -0.695. The zero-order valence-corrected chi connectivity index (χ0v) is 8.75. The summed E-state index contributed by atoms with van der Waals surface area (Å²) < 4.78 is 0. The average molecular weight is 216 g/mol. The van der Waals surface area contributed by atoms with Crippen LogP contribution >= 0.6 is 0 Å². The van der Waals surface area contributed by atoms with E-state index in [1.165, 1.54) is 0 Å². The van der Waals surface area contributed by atoms with Crippen LogP contribution in [-0.2, 0) is 6.42 Å². The fourth-order valence-corrected chi connectivity index (χ4v) is 1.89. The van der Waals surface area contributed by atoms with Crippen molar-refractivity contribution < 1.29 is 27.9 Å². The van der Waals surface area contributed by atoms with Crippen molar-refractivity contribution in [2.75, 3.05) is 6.54 Å². The summed E-state index contributed by atoms with van der Waals surface area (Å²) in [7, 11) is 0. The van der Waals surface area contributed by atoms with Crippen molar-refractivity contribution in [3.63, 3.8) is 0 Å². The first kappa shape index (κ1) is 11.1. The van der Waals surface area contributed by atoms with E-state index >= 15 is 0 Å². The van der Waals surface area contributed by atoms with Gasteiger partial charge in [-0.05, 0) is 24.6 Å². The minimum Gasteiger partial charge on any atom is -1.00 e. The Morgan fingerprint density at radius 1 is 1.29 bits per heavy atom. The van der Waals surface area contributed by atoms with Gasteiger partial charge in [-0.2, -0.15) is 0 Å². The maximum absolute atomic E-state index is 9.33. The monoisotopic (exact) mass is 215 g/mol. The van der Waals surface area contributed by atoms with Crippen molar-refractivity contribution >= 4 is 0 Å². The van der Waals surface area contributed by atoms with Gasteiger partial charge in [0, 0.05) is 12.0 Å². The van der Waals surface area contributed by atoms with Gasteiger partial charge in [-0.25, -0.2) is 0 Å². The number of hydrogen-bond acceptors (Lipinski definition) is 2. The number of phenols is 2. The van der Waals surface area contributed by atoms with Crippen LogP contribution in [0.15, 0.2) is 12.1 Å².